The Kier molecular flexibility index (Phi) is 5.02. The van der Waals surface area contributed by atoms with Crippen LogP contribution >= 0.6 is 11.6 Å². The van der Waals surface area contributed by atoms with Crippen molar-refractivity contribution in [3.8, 4) is 0 Å². The average Bonchev–Trinajstić information content (AvgIpc) is 3.35. The number of fused-ring (bicyclic) bond motifs is 1. The number of furan rings is 1. The summed E-state index contributed by atoms with van der Waals surface area (Å²) >= 11 is 6.04. The largest absolute Gasteiger partial charge is 0.451 e. The molecule has 0 bridgehead atoms. The summed E-state index contributed by atoms with van der Waals surface area (Å²) < 4.78 is 5.76. The van der Waals surface area contributed by atoms with E-state index in [1.165, 1.54) is 4.90 Å². The number of amides is 3. The zero-order valence-electron chi connectivity index (χ0n) is 15.7. The van der Waals surface area contributed by atoms with Crippen LogP contribution in [0.1, 0.15) is 29.0 Å². The number of carbonyl (C=O) groups is 3. The summed E-state index contributed by atoms with van der Waals surface area (Å²) in [5.74, 6) is -0.807. The van der Waals surface area contributed by atoms with Crippen molar-refractivity contribution in [2.75, 3.05) is 39.3 Å². The predicted molar refractivity (Wildman–Crippen MR) is 104 cm³/mol. The third-order valence-electron chi connectivity index (χ3n) is 5.52. The summed E-state index contributed by atoms with van der Waals surface area (Å²) in [6.45, 7) is 4.56. The van der Waals surface area contributed by atoms with Gasteiger partial charge in [0.15, 0.2) is 5.76 Å². The minimum atomic E-state index is -0.469. The monoisotopic (exact) mass is 403 g/mol. The van der Waals surface area contributed by atoms with E-state index in [1.807, 2.05) is 6.92 Å². The molecule has 2 saturated heterocycles. The van der Waals surface area contributed by atoms with Crippen molar-refractivity contribution in [3.05, 3.63) is 34.5 Å². The molecular formula is C20H22ClN3O4. The van der Waals surface area contributed by atoms with Gasteiger partial charge in [0.25, 0.3) is 5.91 Å². The standard InChI is InChI=1S/C20H22ClN3O4/c1-13-15-12-14(21)4-5-16(15)28-17(13)18(25)23-8-10-24(11-9-23)20(27)19(26)22-6-2-3-7-22/h4-5,12H,2-3,6-11H2,1H3. The second-order valence-corrected chi connectivity index (χ2v) is 7.72. The SMILES string of the molecule is Cc1c(C(=O)N2CCN(C(=O)C(=O)N3CCCC3)CC2)oc2ccc(Cl)cc12. The first kappa shape index (κ1) is 18.8. The third kappa shape index (κ3) is 3.35. The molecule has 2 aromatic rings. The van der Waals surface area contributed by atoms with Crippen molar-refractivity contribution in [1.82, 2.24) is 14.7 Å². The van der Waals surface area contributed by atoms with E-state index in [0.29, 0.717) is 55.6 Å². The fourth-order valence-corrected chi connectivity index (χ4v) is 4.02. The lowest BCUT2D eigenvalue weighted by Gasteiger charge is -2.34. The Morgan fingerprint density at radius 3 is 2.11 bits per heavy atom. The number of halogens is 1. The first-order chi connectivity index (χ1) is 13.5. The quantitative estimate of drug-likeness (QED) is 0.685. The Labute approximate surface area is 167 Å². The molecule has 2 aliphatic heterocycles. The summed E-state index contributed by atoms with van der Waals surface area (Å²) in [4.78, 5) is 42.4. The molecule has 0 atom stereocenters. The summed E-state index contributed by atoms with van der Waals surface area (Å²) in [5, 5.41) is 1.41. The fourth-order valence-electron chi connectivity index (χ4n) is 3.84. The zero-order chi connectivity index (χ0) is 19.8. The molecule has 3 heterocycles. The van der Waals surface area contributed by atoms with Gasteiger partial charge in [-0.15, -0.1) is 0 Å². The van der Waals surface area contributed by atoms with E-state index in [0.717, 1.165) is 23.8 Å². The highest BCUT2D eigenvalue weighted by Crippen LogP contribution is 2.29. The van der Waals surface area contributed by atoms with E-state index in [2.05, 4.69) is 0 Å². The molecule has 4 rings (SSSR count). The lowest BCUT2D eigenvalue weighted by molar-refractivity contribution is -0.152. The molecular weight excluding hydrogens is 382 g/mol. The van der Waals surface area contributed by atoms with Gasteiger partial charge in [0, 0.05) is 55.2 Å². The smallest absolute Gasteiger partial charge is 0.312 e. The van der Waals surface area contributed by atoms with E-state index in [-0.39, 0.29) is 5.91 Å². The van der Waals surface area contributed by atoms with Crippen LogP contribution in [0.2, 0.25) is 5.02 Å². The van der Waals surface area contributed by atoms with Gasteiger partial charge in [-0.25, -0.2) is 0 Å². The molecule has 2 aliphatic rings. The molecule has 0 unspecified atom stereocenters. The van der Waals surface area contributed by atoms with Gasteiger partial charge in [-0.2, -0.15) is 0 Å². The van der Waals surface area contributed by atoms with E-state index < -0.39 is 11.8 Å². The van der Waals surface area contributed by atoms with Crippen molar-refractivity contribution in [1.29, 1.82) is 0 Å². The highest BCUT2D eigenvalue weighted by atomic mass is 35.5. The summed E-state index contributed by atoms with van der Waals surface area (Å²) in [7, 11) is 0. The fraction of sp³-hybridized carbons (Fsp3) is 0.450. The van der Waals surface area contributed by atoms with E-state index in [1.54, 1.807) is 28.0 Å². The molecule has 0 aliphatic carbocycles. The number of carbonyl (C=O) groups excluding carboxylic acids is 3. The van der Waals surface area contributed by atoms with Crippen molar-refractivity contribution in [2.24, 2.45) is 0 Å². The normalized spacial score (nSPS) is 17.4. The van der Waals surface area contributed by atoms with Crippen LogP contribution in [0.5, 0.6) is 0 Å². The molecule has 28 heavy (non-hydrogen) atoms. The van der Waals surface area contributed by atoms with Crippen molar-refractivity contribution in [2.45, 2.75) is 19.8 Å². The Hall–Kier alpha value is -2.54. The van der Waals surface area contributed by atoms with Crippen LogP contribution < -0.4 is 0 Å². The van der Waals surface area contributed by atoms with Crippen molar-refractivity contribution in [3.63, 3.8) is 0 Å². The molecule has 1 aromatic carbocycles. The minimum absolute atomic E-state index is 0.206. The van der Waals surface area contributed by atoms with Crippen LogP contribution in [0.25, 0.3) is 11.0 Å². The van der Waals surface area contributed by atoms with E-state index in [9.17, 15) is 14.4 Å². The maximum Gasteiger partial charge on any atom is 0.312 e. The van der Waals surface area contributed by atoms with Gasteiger partial charge >= 0.3 is 11.8 Å². The number of piperazine rings is 1. The van der Waals surface area contributed by atoms with Crippen LogP contribution in [0.4, 0.5) is 0 Å². The lowest BCUT2D eigenvalue weighted by atomic mass is 10.1. The van der Waals surface area contributed by atoms with Gasteiger partial charge in [0.1, 0.15) is 5.58 Å². The second kappa shape index (κ2) is 7.47. The first-order valence-electron chi connectivity index (χ1n) is 9.52. The van der Waals surface area contributed by atoms with Gasteiger partial charge in [0.2, 0.25) is 0 Å². The molecule has 148 valence electrons. The van der Waals surface area contributed by atoms with Crippen molar-refractivity contribution < 1.29 is 18.8 Å². The Morgan fingerprint density at radius 2 is 1.46 bits per heavy atom. The van der Waals surface area contributed by atoms with Gasteiger partial charge in [-0.3, -0.25) is 14.4 Å². The average molecular weight is 404 g/mol. The number of hydrogen-bond donors (Lipinski definition) is 0. The van der Waals surface area contributed by atoms with Crippen LogP contribution in [0.15, 0.2) is 22.6 Å². The van der Waals surface area contributed by atoms with Crippen LogP contribution in [-0.2, 0) is 9.59 Å². The van der Waals surface area contributed by atoms with Crippen LogP contribution in [-0.4, -0.2) is 71.7 Å². The van der Waals surface area contributed by atoms with E-state index in [4.69, 9.17) is 16.0 Å². The molecule has 0 radical (unpaired) electrons. The summed E-state index contributed by atoms with van der Waals surface area (Å²) in [5.41, 5.74) is 1.38. The third-order valence-corrected chi connectivity index (χ3v) is 5.76. The molecule has 8 heteroatoms. The number of aryl methyl sites for hydroxylation is 1. The Balaban J connectivity index is 1.42. The number of benzene rings is 1. The molecule has 0 saturated carbocycles. The van der Waals surface area contributed by atoms with Gasteiger partial charge < -0.3 is 19.1 Å². The summed E-state index contributed by atoms with van der Waals surface area (Å²) in [6, 6.07) is 5.26. The number of hydrogen-bond acceptors (Lipinski definition) is 4. The molecule has 1 aromatic heterocycles. The van der Waals surface area contributed by atoms with Crippen LogP contribution in [0, 0.1) is 6.92 Å². The van der Waals surface area contributed by atoms with Gasteiger partial charge in [0.05, 0.1) is 0 Å². The van der Waals surface area contributed by atoms with Gasteiger partial charge in [-0.05, 0) is 38.0 Å². The first-order valence-corrected chi connectivity index (χ1v) is 9.89. The highest BCUT2D eigenvalue weighted by Gasteiger charge is 2.33. The maximum absolute atomic E-state index is 12.9. The molecule has 2 fully saturated rings. The minimum Gasteiger partial charge on any atom is -0.451 e. The number of likely N-dealkylation sites (tertiary alicyclic amines) is 1. The molecule has 0 spiro atoms. The summed E-state index contributed by atoms with van der Waals surface area (Å²) in [6.07, 6.45) is 1.90. The predicted octanol–water partition coefficient (Wildman–Crippen LogP) is 2.30. The highest BCUT2D eigenvalue weighted by molar-refractivity contribution is 6.35. The topological polar surface area (TPSA) is 74.1 Å². The molecule has 3 amide bonds. The Bertz CT molecular complexity index is 940. The molecule has 7 nitrogen and oxygen atoms in total. The second-order valence-electron chi connectivity index (χ2n) is 7.28. The Morgan fingerprint density at radius 1 is 0.893 bits per heavy atom. The van der Waals surface area contributed by atoms with E-state index >= 15 is 0 Å². The van der Waals surface area contributed by atoms with Gasteiger partial charge in [-0.1, -0.05) is 11.6 Å². The molecule has 0 N–H and O–H groups in total. The number of nitrogens with zero attached hydrogens (tertiary/aromatic N) is 3. The zero-order valence-corrected chi connectivity index (χ0v) is 16.5. The van der Waals surface area contributed by atoms with Crippen molar-refractivity contribution >= 4 is 40.3 Å². The lowest BCUT2D eigenvalue weighted by Crippen LogP contribution is -2.54. The van der Waals surface area contributed by atoms with Crippen LogP contribution in [0.3, 0.4) is 0 Å². The maximum atomic E-state index is 12.9. The number of rotatable bonds is 1.